The van der Waals surface area contributed by atoms with E-state index in [-0.39, 0.29) is 6.10 Å². The summed E-state index contributed by atoms with van der Waals surface area (Å²) in [5.74, 6) is 0.542. The molecule has 1 aliphatic heterocycles. The van der Waals surface area contributed by atoms with Crippen molar-refractivity contribution < 1.29 is 9.47 Å². The SMILES string of the molecule is NC(=NCCCOC1CCCc2ccccc21)NCCCN1CCOCC1. The lowest BCUT2D eigenvalue weighted by atomic mass is 9.89. The lowest BCUT2D eigenvalue weighted by molar-refractivity contribution is 0.0376. The molecule has 3 N–H and O–H groups in total. The Bertz CT molecular complexity index is 587. The Morgan fingerprint density at radius 2 is 2.11 bits per heavy atom. The van der Waals surface area contributed by atoms with Gasteiger partial charge >= 0.3 is 0 Å². The number of aliphatic imine (C=N–C) groups is 1. The van der Waals surface area contributed by atoms with E-state index >= 15 is 0 Å². The molecule has 1 heterocycles. The van der Waals surface area contributed by atoms with Crippen LogP contribution in [0.2, 0.25) is 0 Å². The van der Waals surface area contributed by atoms with Gasteiger partial charge < -0.3 is 20.5 Å². The predicted octanol–water partition coefficient (Wildman–Crippen LogP) is 2.10. The van der Waals surface area contributed by atoms with E-state index in [9.17, 15) is 0 Å². The van der Waals surface area contributed by atoms with Crippen LogP contribution in [0.1, 0.15) is 42.9 Å². The van der Waals surface area contributed by atoms with Crippen molar-refractivity contribution in [2.24, 2.45) is 10.7 Å². The summed E-state index contributed by atoms with van der Waals surface area (Å²) >= 11 is 0. The van der Waals surface area contributed by atoms with Crippen molar-refractivity contribution in [2.75, 3.05) is 52.5 Å². The van der Waals surface area contributed by atoms with Crippen molar-refractivity contribution in [1.82, 2.24) is 10.2 Å². The van der Waals surface area contributed by atoms with Gasteiger partial charge in [0, 0.05) is 32.8 Å². The number of nitrogens with one attached hydrogen (secondary N) is 1. The number of ether oxygens (including phenoxy) is 2. The maximum atomic E-state index is 6.11. The second-order valence-corrected chi connectivity index (χ2v) is 7.31. The standard InChI is InChI=1S/C21H34N4O2/c22-21(23-10-4-12-25-13-16-26-17-14-25)24-11-5-15-27-20-9-3-7-18-6-1-2-8-19(18)20/h1-2,6,8,20H,3-5,7,9-17H2,(H3,22,23,24). The highest BCUT2D eigenvalue weighted by Crippen LogP contribution is 2.32. The van der Waals surface area contributed by atoms with Crippen molar-refractivity contribution in [3.8, 4) is 0 Å². The highest BCUT2D eigenvalue weighted by molar-refractivity contribution is 5.77. The highest BCUT2D eigenvalue weighted by Gasteiger charge is 2.19. The van der Waals surface area contributed by atoms with Crippen LogP contribution in [0, 0.1) is 0 Å². The second kappa shape index (κ2) is 11.3. The molecule has 27 heavy (non-hydrogen) atoms. The molecular formula is C21H34N4O2. The molecule has 2 aliphatic rings. The minimum Gasteiger partial charge on any atom is -0.379 e. The maximum Gasteiger partial charge on any atom is 0.188 e. The molecule has 6 heteroatoms. The number of benzene rings is 1. The molecule has 1 aliphatic carbocycles. The quantitative estimate of drug-likeness (QED) is 0.393. The lowest BCUT2D eigenvalue weighted by Gasteiger charge is -2.26. The van der Waals surface area contributed by atoms with Crippen molar-refractivity contribution in [2.45, 2.75) is 38.2 Å². The van der Waals surface area contributed by atoms with Crippen LogP contribution in [0.5, 0.6) is 0 Å². The number of rotatable bonds is 9. The molecule has 6 nitrogen and oxygen atoms in total. The van der Waals surface area contributed by atoms with Gasteiger partial charge in [-0.05, 0) is 49.8 Å². The lowest BCUT2D eigenvalue weighted by Crippen LogP contribution is -2.39. The first-order valence-electron chi connectivity index (χ1n) is 10.4. The summed E-state index contributed by atoms with van der Waals surface area (Å²) in [6, 6.07) is 8.65. The molecule has 0 aromatic heterocycles. The molecule has 3 rings (SSSR count). The number of hydrogen-bond donors (Lipinski definition) is 2. The third kappa shape index (κ3) is 6.79. The number of morpholine rings is 1. The number of aryl methyl sites for hydroxylation is 1. The van der Waals surface area contributed by atoms with Crippen LogP contribution in [-0.2, 0) is 15.9 Å². The van der Waals surface area contributed by atoms with Crippen LogP contribution in [0.15, 0.2) is 29.3 Å². The van der Waals surface area contributed by atoms with E-state index in [0.717, 1.165) is 65.3 Å². The largest absolute Gasteiger partial charge is 0.379 e. The van der Waals surface area contributed by atoms with Gasteiger partial charge in [-0.1, -0.05) is 24.3 Å². The van der Waals surface area contributed by atoms with E-state index in [1.807, 2.05) is 0 Å². The molecule has 0 radical (unpaired) electrons. The molecule has 0 saturated carbocycles. The van der Waals surface area contributed by atoms with Crippen molar-refractivity contribution in [1.29, 1.82) is 0 Å². The summed E-state index contributed by atoms with van der Waals surface area (Å²) < 4.78 is 11.5. The summed E-state index contributed by atoms with van der Waals surface area (Å²) in [4.78, 5) is 6.83. The van der Waals surface area contributed by atoms with Crippen LogP contribution in [-0.4, -0.2) is 63.4 Å². The first-order valence-corrected chi connectivity index (χ1v) is 10.4. The molecule has 1 aromatic rings. The van der Waals surface area contributed by atoms with E-state index in [4.69, 9.17) is 15.2 Å². The Kier molecular flexibility index (Phi) is 8.39. The van der Waals surface area contributed by atoms with Crippen LogP contribution >= 0.6 is 0 Å². The van der Waals surface area contributed by atoms with Gasteiger partial charge in [0.2, 0.25) is 0 Å². The number of fused-ring (bicyclic) bond motifs is 1. The Morgan fingerprint density at radius 1 is 1.26 bits per heavy atom. The molecule has 0 spiro atoms. The maximum absolute atomic E-state index is 6.11. The molecule has 150 valence electrons. The van der Waals surface area contributed by atoms with E-state index in [2.05, 4.69) is 39.5 Å². The fraction of sp³-hybridized carbons (Fsp3) is 0.667. The summed E-state index contributed by atoms with van der Waals surface area (Å²) in [6.45, 7) is 7.16. The highest BCUT2D eigenvalue weighted by atomic mass is 16.5. The normalized spacial score (nSPS) is 21.0. The topological polar surface area (TPSA) is 72.1 Å². The van der Waals surface area contributed by atoms with Gasteiger partial charge in [0.1, 0.15) is 0 Å². The van der Waals surface area contributed by atoms with E-state index in [1.165, 1.54) is 24.0 Å². The second-order valence-electron chi connectivity index (χ2n) is 7.31. The van der Waals surface area contributed by atoms with E-state index < -0.39 is 0 Å². The van der Waals surface area contributed by atoms with Crippen LogP contribution in [0.4, 0.5) is 0 Å². The van der Waals surface area contributed by atoms with Gasteiger partial charge in [-0.15, -0.1) is 0 Å². The molecule has 0 bridgehead atoms. The summed E-state index contributed by atoms with van der Waals surface area (Å²) in [7, 11) is 0. The smallest absolute Gasteiger partial charge is 0.188 e. The van der Waals surface area contributed by atoms with E-state index in [0.29, 0.717) is 12.5 Å². The minimum absolute atomic E-state index is 0.245. The van der Waals surface area contributed by atoms with Crippen molar-refractivity contribution in [3.63, 3.8) is 0 Å². The van der Waals surface area contributed by atoms with Crippen molar-refractivity contribution >= 4 is 5.96 Å². The van der Waals surface area contributed by atoms with Gasteiger partial charge in [0.15, 0.2) is 5.96 Å². The fourth-order valence-electron chi connectivity index (χ4n) is 3.77. The molecule has 1 fully saturated rings. The average molecular weight is 375 g/mol. The number of guanidine groups is 1. The molecule has 0 amide bonds. The van der Waals surface area contributed by atoms with Crippen LogP contribution in [0.25, 0.3) is 0 Å². The first kappa shape index (κ1) is 20.1. The Labute approximate surface area is 163 Å². The Hall–Kier alpha value is -1.63. The molecule has 1 saturated heterocycles. The van der Waals surface area contributed by atoms with Gasteiger partial charge in [-0.3, -0.25) is 9.89 Å². The zero-order valence-electron chi connectivity index (χ0n) is 16.4. The molecule has 1 atom stereocenters. The summed E-state index contributed by atoms with van der Waals surface area (Å²) in [6.07, 6.45) is 5.71. The zero-order chi connectivity index (χ0) is 18.7. The number of nitrogens with zero attached hydrogens (tertiary/aromatic N) is 2. The van der Waals surface area contributed by atoms with Crippen LogP contribution in [0.3, 0.4) is 0 Å². The summed E-state index contributed by atoms with van der Waals surface area (Å²) in [5.41, 5.74) is 8.76. The van der Waals surface area contributed by atoms with Gasteiger partial charge in [0.05, 0.1) is 19.3 Å². The summed E-state index contributed by atoms with van der Waals surface area (Å²) in [5, 5.41) is 3.20. The molecule has 1 unspecified atom stereocenters. The average Bonchev–Trinajstić information content (AvgIpc) is 2.72. The van der Waals surface area contributed by atoms with Crippen molar-refractivity contribution in [3.05, 3.63) is 35.4 Å². The number of nitrogens with two attached hydrogens (primary N) is 1. The van der Waals surface area contributed by atoms with Gasteiger partial charge in [0.25, 0.3) is 0 Å². The monoisotopic (exact) mass is 374 g/mol. The molecular weight excluding hydrogens is 340 g/mol. The fourth-order valence-corrected chi connectivity index (χ4v) is 3.77. The van der Waals surface area contributed by atoms with E-state index in [1.54, 1.807) is 0 Å². The minimum atomic E-state index is 0.245. The van der Waals surface area contributed by atoms with Crippen LogP contribution < -0.4 is 11.1 Å². The Balaban J connectivity index is 1.25. The first-order chi connectivity index (χ1) is 13.3. The van der Waals surface area contributed by atoms with Gasteiger partial charge in [-0.2, -0.15) is 0 Å². The third-order valence-corrected chi connectivity index (χ3v) is 5.28. The van der Waals surface area contributed by atoms with Gasteiger partial charge in [-0.25, -0.2) is 0 Å². The predicted molar refractivity (Wildman–Crippen MR) is 109 cm³/mol. The molecule has 1 aromatic carbocycles. The number of hydrogen-bond acceptors (Lipinski definition) is 4. The third-order valence-electron chi connectivity index (χ3n) is 5.28. The zero-order valence-corrected chi connectivity index (χ0v) is 16.4. The Morgan fingerprint density at radius 3 is 3.00 bits per heavy atom.